The van der Waals surface area contributed by atoms with E-state index < -0.39 is 0 Å². The van der Waals surface area contributed by atoms with Gasteiger partial charge in [0.15, 0.2) is 0 Å². The summed E-state index contributed by atoms with van der Waals surface area (Å²) in [4.78, 5) is 6.95. The predicted molar refractivity (Wildman–Crippen MR) is 78.9 cm³/mol. The van der Waals surface area contributed by atoms with Crippen molar-refractivity contribution in [3.05, 3.63) is 18.2 Å². The second kappa shape index (κ2) is 7.34. The molecular formula is C15H25N3O. The molecule has 2 rings (SSSR count). The van der Waals surface area contributed by atoms with Crippen LogP contribution in [0.2, 0.25) is 0 Å². The molecule has 1 aliphatic rings. The van der Waals surface area contributed by atoms with Crippen molar-refractivity contribution in [2.45, 2.75) is 38.6 Å². The molecular weight excluding hydrogens is 238 g/mol. The molecule has 0 bridgehead atoms. The molecule has 106 valence electrons. The number of pyridine rings is 1. The largest absolute Gasteiger partial charge is 0.481 e. The minimum Gasteiger partial charge on any atom is -0.481 e. The van der Waals surface area contributed by atoms with Gasteiger partial charge in [0.25, 0.3) is 0 Å². The van der Waals surface area contributed by atoms with Crippen molar-refractivity contribution in [1.29, 1.82) is 0 Å². The van der Waals surface area contributed by atoms with Crippen molar-refractivity contribution in [2.75, 3.05) is 31.6 Å². The quantitative estimate of drug-likeness (QED) is 0.820. The van der Waals surface area contributed by atoms with Crippen LogP contribution in [0.4, 0.5) is 5.82 Å². The van der Waals surface area contributed by atoms with Crippen LogP contribution in [0.5, 0.6) is 5.88 Å². The lowest BCUT2D eigenvalue weighted by Gasteiger charge is -2.27. The van der Waals surface area contributed by atoms with E-state index in [0.717, 1.165) is 25.5 Å². The molecule has 4 heteroatoms. The Morgan fingerprint density at radius 2 is 2.37 bits per heavy atom. The molecule has 1 aromatic heterocycles. The number of nitrogens with one attached hydrogen (secondary N) is 1. The number of ether oxygens (including phenoxy) is 1. The molecule has 0 radical (unpaired) electrons. The summed E-state index contributed by atoms with van der Waals surface area (Å²) in [6.07, 6.45) is 4.97. The highest BCUT2D eigenvalue weighted by atomic mass is 16.5. The molecule has 1 unspecified atom stereocenters. The van der Waals surface area contributed by atoms with Crippen molar-refractivity contribution in [2.24, 2.45) is 0 Å². The van der Waals surface area contributed by atoms with Gasteiger partial charge in [-0.25, -0.2) is 0 Å². The fourth-order valence-electron chi connectivity index (χ4n) is 2.52. The van der Waals surface area contributed by atoms with Crippen LogP contribution >= 0.6 is 0 Å². The Kier molecular flexibility index (Phi) is 5.45. The summed E-state index contributed by atoms with van der Waals surface area (Å²) in [6, 6.07) is 6.59. The Labute approximate surface area is 116 Å². The van der Waals surface area contributed by atoms with Crippen LogP contribution in [0.25, 0.3) is 0 Å². The molecule has 1 aliphatic heterocycles. The Balaban J connectivity index is 2.05. The van der Waals surface area contributed by atoms with Crippen LogP contribution in [0, 0.1) is 0 Å². The summed E-state index contributed by atoms with van der Waals surface area (Å²) < 4.78 is 5.23. The number of anilines is 1. The first kappa shape index (κ1) is 14.1. The lowest BCUT2D eigenvalue weighted by Crippen LogP contribution is -2.38. The average molecular weight is 263 g/mol. The first-order valence-corrected chi connectivity index (χ1v) is 7.33. The van der Waals surface area contributed by atoms with Crippen molar-refractivity contribution >= 4 is 5.82 Å². The van der Waals surface area contributed by atoms with Gasteiger partial charge in [0, 0.05) is 25.2 Å². The second-order valence-corrected chi connectivity index (χ2v) is 5.13. The number of unbranched alkanes of at least 4 members (excludes halogenated alkanes) is 1. The first-order chi connectivity index (χ1) is 9.33. The lowest BCUT2D eigenvalue weighted by atomic mass is 10.2. The summed E-state index contributed by atoms with van der Waals surface area (Å²) in [5.74, 6) is 1.72. The third-order valence-corrected chi connectivity index (χ3v) is 3.63. The summed E-state index contributed by atoms with van der Waals surface area (Å²) in [6.45, 7) is 5.48. The fraction of sp³-hybridized carbons (Fsp3) is 0.667. The summed E-state index contributed by atoms with van der Waals surface area (Å²) in [5, 5.41) is 3.56. The van der Waals surface area contributed by atoms with Gasteiger partial charge in [-0.1, -0.05) is 19.4 Å². The van der Waals surface area contributed by atoms with Gasteiger partial charge < -0.3 is 15.0 Å². The van der Waals surface area contributed by atoms with Crippen molar-refractivity contribution in [1.82, 2.24) is 10.3 Å². The van der Waals surface area contributed by atoms with Gasteiger partial charge in [0.1, 0.15) is 5.82 Å². The molecule has 1 saturated heterocycles. The third-order valence-electron chi connectivity index (χ3n) is 3.63. The van der Waals surface area contributed by atoms with E-state index >= 15 is 0 Å². The lowest BCUT2D eigenvalue weighted by molar-refractivity contribution is 0.397. The standard InChI is InChI=1S/C15H25N3O/c1-3-4-11-18(12-13-7-6-10-16-13)14-8-5-9-15(17-14)19-2/h5,8-9,13,16H,3-4,6-7,10-12H2,1-2H3. The summed E-state index contributed by atoms with van der Waals surface area (Å²) in [5.41, 5.74) is 0. The summed E-state index contributed by atoms with van der Waals surface area (Å²) >= 11 is 0. The van der Waals surface area contributed by atoms with E-state index in [0.29, 0.717) is 11.9 Å². The molecule has 0 spiro atoms. The van der Waals surface area contributed by atoms with Crippen LogP contribution in [-0.2, 0) is 0 Å². The SMILES string of the molecule is CCCCN(CC1CCCN1)c1cccc(OC)n1. The van der Waals surface area contributed by atoms with E-state index in [-0.39, 0.29) is 0 Å². The molecule has 0 amide bonds. The van der Waals surface area contributed by atoms with Crippen LogP contribution in [0.15, 0.2) is 18.2 Å². The highest BCUT2D eigenvalue weighted by Gasteiger charge is 2.18. The van der Waals surface area contributed by atoms with Gasteiger partial charge in [-0.05, 0) is 31.9 Å². The average Bonchev–Trinajstić information content (AvgIpc) is 2.96. The van der Waals surface area contributed by atoms with Gasteiger partial charge in [0.2, 0.25) is 5.88 Å². The predicted octanol–water partition coefficient (Wildman–Crippen LogP) is 2.45. The van der Waals surface area contributed by atoms with E-state index in [1.807, 2.05) is 12.1 Å². The highest BCUT2D eigenvalue weighted by molar-refractivity contribution is 5.41. The zero-order valence-electron chi connectivity index (χ0n) is 12.1. The van der Waals surface area contributed by atoms with E-state index in [9.17, 15) is 0 Å². The van der Waals surface area contributed by atoms with Gasteiger partial charge in [0.05, 0.1) is 7.11 Å². The first-order valence-electron chi connectivity index (χ1n) is 7.33. The Morgan fingerprint density at radius 3 is 3.05 bits per heavy atom. The number of rotatable bonds is 7. The van der Waals surface area contributed by atoms with E-state index in [1.165, 1.54) is 25.7 Å². The second-order valence-electron chi connectivity index (χ2n) is 5.13. The minimum absolute atomic E-state index is 0.602. The monoisotopic (exact) mass is 263 g/mol. The molecule has 0 saturated carbocycles. The van der Waals surface area contributed by atoms with Crippen LogP contribution < -0.4 is 15.0 Å². The number of methoxy groups -OCH3 is 1. The zero-order chi connectivity index (χ0) is 13.5. The molecule has 4 nitrogen and oxygen atoms in total. The van der Waals surface area contributed by atoms with Gasteiger partial charge in [-0.2, -0.15) is 4.98 Å². The maximum absolute atomic E-state index is 5.23. The molecule has 0 aromatic carbocycles. The van der Waals surface area contributed by atoms with Gasteiger partial charge in [-0.15, -0.1) is 0 Å². The molecule has 1 atom stereocenters. The Bertz CT molecular complexity index is 377. The molecule has 19 heavy (non-hydrogen) atoms. The maximum Gasteiger partial charge on any atom is 0.214 e. The van der Waals surface area contributed by atoms with E-state index in [2.05, 4.69) is 28.2 Å². The number of aromatic nitrogens is 1. The molecule has 2 heterocycles. The Morgan fingerprint density at radius 1 is 1.47 bits per heavy atom. The van der Waals surface area contributed by atoms with Crippen molar-refractivity contribution < 1.29 is 4.74 Å². The van der Waals surface area contributed by atoms with Gasteiger partial charge in [-0.3, -0.25) is 0 Å². The highest BCUT2D eigenvalue weighted by Crippen LogP contribution is 2.18. The molecule has 1 N–H and O–H groups in total. The van der Waals surface area contributed by atoms with Gasteiger partial charge >= 0.3 is 0 Å². The molecule has 0 aliphatic carbocycles. The van der Waals surface area contributed by atoms with Crippen LogP contribution in [0.3, 0.4) is 0 Å². The van der Waals surface area contributed by atoms with E-state index in [1.54, 1.807) is 7.11 Å². The number of hydrogen-bond donors (Lipinski definition) is 1. The van der Waals surface area contributed by atoms with Crippen LogP contribution in [0.1, 0.15) is 32.6 Å². The van der Waals surface area contributed by atoms with Crippen LogP contribution in [-0.4, -0.2) is 37.8 Å². The zero-order valence-corrected chi connectivity index (χ0v) is 12.1. The maximum atomic E-state index is 5.23. The number of nitrogens with zero attached hydrogens (tertiary/aromatic N) is 2. The van der Waals surface area contributed by atoms with E-state index in [4.69, 9.17) is 4.74 Å². The molecule has 1 fully saturated rings. The summed E-state index contributed by atoms with van der Waals surface area (Å²) in [7, 11) is 1.67. The third kappa shape index (κ3) is 4.10. The Hall–Kier alpha value is -1.29. The topological polar surface area (TPSA) is 37.4 Å². The molecule has 1 aromatic rings. The number of hydrogen-bond acceptors (Lipinski definition) is 4. The fourth-order valence-corrected chi connectivity index (χ4v) is 2.52. The van der Waals surface area contributed by atoms with Crippen molar-refractivity contribution in [3.8, 4) is 5.88 Å². The van der Waals surface area contributed by atoms with Crippen molar-refractivity contribution in [3.63, 3.8) is 0 Å². The normalized spacial score (nSPS) is 18.5. The smallest absolute Gasteiger partial charge is 0.214 e. The minimum atomic E-state index is 0.602.